The molecule has 0 amide bonds. The Bertz CT molecular complexity index is 1650. The van der Waals surface area contributed by atoms with Gasteiger partial charge in [-0.2, -0.15) is 0 Å². The molecule has 3 aromatic carbocycles. The smallest absolute Gasteiger partial charge is 0.406 e. The summed E-state index contributed by atoms with van der Waals surface area (Å²) in [5.41, 5.74) is 7.75. The molecule has 0 unspecified atom stereocenters. The highest BCUT2D eigenvalue weighted by Gasteiger charge is 2.31. The molecule has 0 saturated heterocycles. The van der Waals surface area contributed by atoms with Crippen molar-refractivity contribution in [2.45, 2.75) is 38.1 Å². The first-order valence-corrected chi connectivity index (χ1v) is 13.8. The first-order valence-electron chi connectivity index (χ1n) is 12.6. The summed E-state index contributed by atoms with van der Waals surface area (Å²) in [6.45, 7) is 2.53. The standard InChI is InChI=1S/C29H27F6N5O2S/c1-15-27(28(31)32)38-16(2)39(15)23-9-6-18(19-10-22(30)21(14-41)26(12-19)43-3)11-24(23)40(37)25(13-36)17-4-7-20(8-5-17)42-29(33,34)35/h4-13,28,41H,14,36-37H2,1-3H3/b25-13-. The van der Waals surface area contributed by atoms with E-state index >= 15 is 0 Å². The number of rotatable bonds is 9. The molecule has 14 heteroatoms. The number of hydrazine groups is 1. The summed E-state index contributed by atoms with van der Waals surface area (Å²) in [7, 11) is 0. The van der Waals surface area contributed by atoms with E-state index in [0.29, 0.717) is 27.3 Å². The van der Waals surface area contributed by atoms with Crippen molar-refractivity contribution in [1.82, 2.24) is 9.55 Å². The molecule has 0 fully saturated rings. The zero-order chi connectivity index (χ0) is 31.6. The number of aryl methyl sites for hydroxylation is 1. The number of hydrogen-bond donors (Lipinski definition) is 3. The quantitative estimate of drug-likeness (QED) is 0.0800. The van der Waals surface area contributed by atoms with Gasteiger partial charge in [-0.25, -0.2) is 24.0 Å². The molecule has 0 spiro atoms. The Morgan fingerprint density at radius 1 is 1.09 bits per heavy atom. The number of aliphatic hydroxyl groups is 1. The van der Waals surface area contributed by atoms with Gasteiger partial charge in [0.15, 0.2) is 0 Å². The van der Waals surface area contributed by atoms with E-state index in [9.17, 15) is 31.4 Å². The molecule has 1 aromatic heterocycles. The number of aliphatic hydroxyl groups excluding tert-OH is 1. The number of nitrogens with two attached hydrogens (primary N) is 2. The topological polar surface area (TPSA) is 103 Å². The molecule has 43 heavy (non-hydrogen) atoms. The predicted octanol–water partition coefficient (Wildman–Crippen LogP) is 6.98. The van der Waals surface area contributed by atoms with Crippen LogP contribution in [0.5, 0.6) is 5.75 Å². The van der Waals surface area contributed by atoms with Crippen LogP contribution in [0.3, 0.4) is 0 Å². The van der Waals surface area contributed by atoms with Crippen LogP contribution < -0.4 is 21.3 Å². The zero-order valence-electron chi connectivity index (χ0n) is 23.1. The van der Waals surface area contributed by atoms with Crippen LogP contribution >= 0.6 is 11.8 Å². The van der Waals surface area contributed by atoms with E-state index in [1.165, 1.54) is 41.5 Å². The highest BCUT2D eigenvalue weighted by Crippen LogP contribution is 2.38. The van der Waals surface area contributed by atoms with Gasteiger partial charge in [0.2, 0.25) is 0 Å². The maximum absolute atomic E-state index is 14.9. The Hall–Kier alpha value is -4.14. The van der Waals surface area contributed by atoms with E-state index < -0.39 is 36.7 Å². The summed E-state index contributed by atoms with van der Waals surface area (Å²) >= 11 is 1.25. The van der Waals surface area contributed by atoms with Crippen molar-refractivity contribution in [1.29, 1.82) is 0 Å². The van der Waals surface area contributed by atoms with Crippen LogP contribution in [-0.4, -0.2) is 27.3 Å². The van der Waals surface area contributed by atoms with Crippen LogP contribution in [0, 0.1) is 19.7 Å². The number of halogens is 6. The number of ether oxygens (including phenoxy) is 1. The fourth-order valence-electron chi connectivity index (χ4n) is 4.70. The van der Waals surface area contributed by atoms with Crippen molar-refractivity contribution in [3.05, 3.63) is 95.0 Å². The maximum atomic E-state index is 14.9. The van der Waals surface area contributed by atoms with Crippen LogP contribution in [0.1, 0.15) is 34.8 Å². The van der Waals surface area contributed by atoms with Crippen molar-refractivity contribution in [3.63, 3.8) is 0 Å². The molecule has 0 atom stereocenters. The molecule has 0 aliphatic carbocycles. The Kier molecular flexibility index (Phi) is 9.32. The molecule has 7 nitrogen and oxygen atoms in total. The van der Waals surface area contributed by atoms with Gasteiger partial charge in [-0.1, -0.05) is 6.07 Å². The predicted molar refractivity (Wildman–Crippen MR) is 153 cm³/mol. The van der Waals surface area contributed by atoms with Crippen molar-refractivity contribution < 1.29 is 36.2 Å². The third kappa shape index (κ3) is 6.60. The van der Waals surface area contributed by atoms with Crippen molar-refractivity contribution in [3.8, 4) is 22.6 Å². The summed E-state index contributed by atoms with van der Waals surface area (Å²) in [5.74, 6) is 5.75. The van der Waals surface area contributed by atoms with E-state index in [2.05, 4.69) is 9.72 Å². The largest absolute Gasteiger partial charge is 0.573 e. The van der Waals surface area contributed by atoms with Gasteiger partial charge in [-0.3, -0.25) is 9.58 Å². The minimum absolute atomic E-state index is 0.143. The average Bonchev–Trinajstić information content (AvgIpc) is 3.26. The third-order valence-corrected chi connectivity index (χ3v) is 7.47. The van der Waals surface area contributed by atoms with Gasteiger partial charge in [0, 0.05) is 27.9 Å². The van der Waals surface area contributed by atoms with E-state index in [-0.39, 0.29) is 28.5 Å². The van der Waals surface area contributed by atoms with Crippen LogP contribution in [0.15, 0.2) is 65.7 Å². The maximum Gasteiger partial charge on any atom is 0.573 e. The Morgan fingerprint density at radius 2 is 1.77 bits per heavy atom. The van der Waals surface area contributed by atoms with Gasteiger partial charge in [0.1, 0.15) is 23.1 Å². The molecule has 0 aliphatic heterocycles. The Labute approximate surface area is 247 Å². The van der Waals surface area contributed by atoms with Crippen LogP contribution in [0.2, 0.25) is 0 Å². The Morgan fingerprint density at radius 3 is 2.30 bits per heavy atom. The zero-order valence-corrected chi connectivity index (χ0v) is 23.9. The summed E-state index contributed by atoms with van der Waals surface area (Å²) in [6.07, 6.45) is -4.85. The van der Waals surface area contributed by atoms with Gasteiger partial charge >= 0.3 is 6.36 Å². The molecule has 1 heterocycles. The van der Waals surface area contributed by atoms with Gasteiger partial charge < -0.3 is 15.6 Å². The van der Waals surface area contributed by atoms with Gasteiger partial charge in [-0.15, -0.1) is 24.9 Å². The van der Waals surface area contributed by atoms with E-state index in [0.717, 1.165) is 23.3 Å². The van der Waals surface area contributed by atoms with Gasteiger partial charge in [-0.05, 0) is 79.8 Å². The highest BCUT2D eigenvalue weighted by molar-refractivity contribution is 7.98. The van der Waals surface area contributed by atoms with Crippen molar-refractivity contribution >= 4 is 23.1 Å². The number of nitrogens with zero attached hydrogens (tertiary/aromatic N) is 3. The second kappa shape index (κ2) is 12.6. The molecule has 0 saturated carbocycles. The number of imidazole rings is 1. The first-order chi connectivity index (χ1) is 20.3. The molecule has 0 aliphatic rings. The molecular formula is C29H27F6N5O2S. The number of benzene rings is 3. The molecule has 4 aromatic rings. The monoisotopic (exact) mass is 623 g/mol. The minimum Gasteiger partial charge on any atom is -0.406 e. The van der Waals surface area contributed by atoms with Crippen LogP contribution in [0.4, 0.5) is 32.0 Å². The van der Waals surface area contributed by atoms with Crippen molar-refractivity contribution in [2.24, 2.45) is 11.6 Å². The molecule has 0 radical (unpaired) electrons. The lowest BCUT2D eigenvalue weighted by atomic mass is 10.0. The highest BCUT2D eigenvalue weighted by atomic mass is 32.2. The van der Waals surface area contributed by atoms with E-state index in [1.54, 1.807) is 37.4 Å². The molecular weight excluding hydrogens is 596 g/mol. The number of alkyl halides is 5. The van der Waals surface area contributed by atoms with Gasteiger partial charge in [0.05, 0.1) is 23.7 Å². The SMILES string of the molecule is CSc1cc(-c2ccc(-n3c(C)nc(C(F)F)c3C)c(N(N)/C(=C\N)c3ccc(OC(F)(F)F)cc3)c2)cc(F)c1CO. The molecule has 5 N–H and O–H groups in total. The Balaban J connectivity index is 1.90. The van der Waals surface area contributed by atoms with Crippen molar-refractivity contribution in [2.75, 3.05) is 11.3 Å². The fraction of sp³-hybridized carbons (Fsp3) is 0.207. The first kappa shape index (κ1) is 31.8. The number of thioether (sulfide) groups is 1. The number of hydrogen-bond acceptors (Lipinski definition) is 7. The lowest BCUT2D eigenvalue weighted by Crippen LogP contribution is -2.31. The summed E-state index contributed by atoms with van der Waals surface area (Å²) in [5, 5.41) is 10.8. The van der Waals surface area contributed by atoms with Crippen LogP contribution in [-0.2, 0) is 6.61 Å². The molecule has 228 valence electrons. The number of anilines is 1. The average molecular weight is 624 g/mol. The number of aromatic nitrogens is 2. The van der Waals surface area contributed by atoms with Gasteiger partial charge in [0.25, 0.3) is 6.43 Å². The fourth-order valence-corrected chi connectivity index (χ4v) is 5.35. The molecule has 0 bridgehead atoms. The lowest BCUT2D eigenvalue weighted by molar-refractivity contribution is -0.274. The van der Waals surface area contributed by atoms with Crippen LogP contribution in [0.25, 0.3) is 22.5 Å². The second-order valence-electron chi connectivity index (χ2n) is 9.26. The summed E-state index contributed by atoms with van der Waals surface area (Å²) in [6, 6.07) is 12.6. The third-order valence-electron chi connectivity index (χ3n) is 6.66. The normalized spacial score (nSPS) is 12.2. The molecule has 4 rings (SSSR count). The second-order valence-corrected chi connectivity index (χ2v) is 10.1. The lowest BCUT2D eigenvalue weighted by Gasteiger charge is -2.26. The summed E-state index contributed by atoms with van der Waals surface area (Å²) in [4.78, 5) is 4.53. The van der Waals surface area contributed by atoms with E-state index in [4.69, 9.17) is 11.6 Å². The summed E-state index contributed by atoms with van der Waals surface area (Å²) < 4.78 is 85.7. The minimum atomic E-state index is -4.88. The van der Waals surface area contributed by atoms with E-state index in [1.807, 2.05) is 0 Å².